The van der Waals surface area contributed by atoms with Crippen molar-refractivity contribution >= 4 is 27.7 Å². The number of hydrogen-bond donors (Lipinski definition) is 0. The largest absolute Gasteiger partial charge is 0.162 e. The average Bonchev–Trinajstić information content (AvgIpc) is 1.96. The molecular weight excluding hydrogens is 220 g/mol. The summed E-state index contributed by atoms with van der Waals surface area (Å²) in [6.07, 6.45) is 4.07. The fraction of sp³-hybridized carbons (Fsp3) is 1.00. The van der Waals surface area contributed by atoms with Crippen LogP contribution in [0.1, 0.15) is 33.1 Å². The molecule has 0 rings (SSSR count). The van der Waals surface area contributed by atoms with Crippen LogP contribution in [0.2, 0.25) is 0 Å². The molecule has 0 saturated heterocycles. The van der Waals surface area contributed by atoms with Crippen molar-refractivity contribution in [2.24, 2.45) is 5.92 Å². The van der Waals surface area contributed by atoms with Gasteiger partial charge in [0.25, 0.3) is 0 Å². The molecule has 0 heterocycles. The molecule has 0 aliphatic heterocycles. The highest BCUT2D eigenvalue weighted by atomic mass is 79.9. The lowest BCUT2D eigenvalue weighted by molar-refractivity contribution is 0.632. The van der Waals surface area contributed by atoms with Crippen molar-refractivity contribution in [2.75, 3.05) is 16.8 Å². The van der Waals surface area contributed by atoms with Crippen LogP contribution in [0.15, 0.2) is 0 Å². The number of halogens is 1. The molecule has 0 aliphatic rings. The lowest BCUT2D eigenvalue weighted by atomic mass is 10.2. The number of rotatable bonds is 7. The van der Waals surface area contributed by atoms with Crippen LogP contribution in [0.5, 0.6) is 0 Å². The number of alkyl halides is 1. The molecule has 2 heteroatoms. The highest BCUT2D eigenvalue weighted by molar-refractivity contribution is 9.09. The van der Waals surface area contributed by atoms with Gasteiger partial charge in [0.15, 0.2) is 0 Å². The van der Waals surface area contributed by atoms with E-state index in [4.69, 9.17) is 0 Å². The molecule has 0 saturated carbocycles. The Kier molecular flexibility index (Phi) is 9.60. The third-order valence-corrected chi connectivity index (χ3v) is 3.17. The number of unbranched alkanes of at least 4 members (excludes halogenated alkanes) is 1. The second-order valence-corrected chi connectivity index (χ2v) is 5.21. The van der Waals surface area contributed by atoms with Gasteiger partial charge in [-0.2, -0.15) is 11.8 Å². The van der Waals surface area contributed by atoms with Gasteiger partial charge < -0.3 is 0 Å². The zero-order chi connectivity index (χ0) is 8.53. The molecule has 68 valence electrons. The summed E-state index contributed by atoms with van der Waals surface area (Å²) in [6, 6.07) is 0. The van der Waals surface area contributed by atoms with E-state index in [1.807, 2.05) is 0 Å². The third kappa shape index (κ3) is 10.8. The molecular formula is C9H19BrS. The van der Waals surface area contributed by atoms with Crippen molar-refractivity contribution < 1.29 is 0 Å². The Balaban J connectivity index is 2.80. The first-order valence-corrected chi connectivity index (χ1v) is 6.68. The van der Waals surface area contributed by atoms with Crippen molar-refractivity contribution in [3.05, 3.63) is 0 Å². The van der Waals surface area contributed by atoms with Crippen molar-refractivity contribution in [1.29, 1.82) is 0 Å². The predicted octanol–water partition coefficient (Wildman–Crippen LogP) is 3.94. The molecule has 0 atom stereocenters. The second kappa shape index (κ2) is 8.92. The molecule has 0 N–H and O–H groups in total. The van der Waals surface area contributed by atoms with Crippen LogP contribution in [0.4, 0.5) is 0 Å². The second-order valence-electron chi connectivity index (χ2n) is 3.19. The maximum atomic E-state index is 3.43. The Bertz CT molecular complexity index is 74.0. The highest BCUT2D eigenvalue weighted by Crippen LogP contribution is 2.10. The summed E-state index contributed by atoms with van der Waals surface area (Å²) in [7, 11) is 0. The summed E-state index contributed by atoms with van der Waals surface area (Å²) < 4.78 is 0. The molecule has 0 unspecified atom stereocenters. The summed E-state index contributed by atoms with van der Waals surface area (Å²) in [6.45, 7) is 4.58. The molecule has 0 aliphatic carbocycles. The van der Waals surface area contributed by atoms with Gasteiger partial charge in [0.05, 0.1) is 0 Å². The monoisotopic (exact) mass is 238 g/mol. The normalized spacial score (nSPS) is 10.9. The van der Waals surface area contributed by atoms with Crippen LogP contribution in [-0.2, 0) is 0 Å². The molecule has 0 radical (unpaired) electrons. The molecule has 0 nitrogen and oxygen atoms in total. The first-order valence-electron chi connectivity index (χ1n) is 4.41. The summed E-state index contributed by atoms with van der Waals surface area (Å²) in [4.78, 5) is 0. The topological polar surface area (TPSA) is 0 Å². The van der Waals surface area contributed by atoms with E-state index in [2.05, 4.69) is 41.5 Å². The first kappa shape index (κ1) is 11.8. The Morgan fingerprint density at radius 2 is 1.91 bits per heavy atom. The molecule has 0 bridgehead atoms. The molecule has 0 spiro atoms. The van der Waals surface area contributed by atoms with Crippen molar-refractivity contribution in [1.82, 2.24) is 0 Å². The van der Waals surface area contributed by atoms with Crippen molar-refractivity contribution in [3.8, 4) is 0 Å². The zero-order valence-electron chi connectivity index (χ0n) is 7.61. The van der Waals surface area contributed by atoms with E-state index in [1.54, 1.807) is 0 Å². The quantitative estimate of drug-likeness (QED) is 0.479. The smallest absolute Gasteiger partial charge is 0.00315 e. The van der Waals surface area contributed by atoms with Gasteiger partial charge in [-0.05, 0) is 36.7 Å². The van der Waals surface area contributed by atoms with E-state index in [0.29, 0.717) is 0 Å². The minimum Gasteiger partial charge on any atom is -0.162 e. The maximum absolute atomic E-state index is 3.43. The predicted molar refractivity (Wildman–Crippen MR) is 59.8 cm³/mol. The Morgan fingerprint density at radius 1 is 1.18 bits per heavy atom. The first-order chi connectivity index (χ1) is 5.27. The van der Waals surface area contributed by atoms with Crippen LogP contribution in [0.25, 0.3) is 0 Å². The molecule has 0 fully saturated rings. The van der Waals surface area contributed by atoms with Gasteiger partial charge in [0.2, 0.25) is 0 Å². The van der Waals surface area contributed by atoms with Gasteiger partial charge in [-0.25, -0.2) is 0 Å². The Labute approximate surface area is 83.6 Å². The fourth-order valence-corrected chi connectivity index (χ4v) is 2.37. The van der Waals surface area contributed by atoms with Gasteiger partial charge in [-0.3, -0.25) is 0 Å². The standard InChI is InChI=1S/C9H19BrS/c1-9(2)5-8-11-7-4-3-6-10/h9H,3-8H2,1-2H3. The Morgan fingerprint density at radius 3 is 2.45 bits per heavy atom. The van der Waals surface area contributed by atoms with Gasteiger partial charge >= 0.3 is 0 Å². The molecule has 0 amide bonds. The summed E-state index contributed by atoms with van der Waals surface area (Å²) in [5.41, 5.74) is 0. The third-order valence-electron chi connectivity index (χ3n) is 1.51. The van der Waals surface area contributed by atoms with Crippen LogP contribution in [-0.4, -0.2) is 16.8 Å². The molecule has 0 aromatic carbocycles. The molecule has 11 heavy (non-hydrogen) atoms. The molecule has 0 aromatic rings. The summed E-state index contributed by atoms with van der Waals surface area (Å²) >= 11 is 5.53. The fourth-order valence-electron chi connectivity index (χ4n) is 0.720. The van der Waals surface area contributed by atoms with E-state index in [9.17, 15) is 0 Å². The van der Waals surface area contributed by atoms with Gasteiger partial charge in [0.1, 0.15) is 0 Å². The SMILES string of the molecule is CC(C)CCSCCCCBr. The van der Waals surface area contributed by atoms with Crippen LogP contribution in [0, 0.1) is 5.92 Å². The van der Waals surface area contributed by atoms with Crippen LogP contribution < -0.4 is 0 Å². The summed E-state index contributed by atoms with van der Waals surface area (Å²) in [5, 5.41) is 1.16. The minimum absolute atomic E-state index is 0.874. The van der Waals surface area contributed by atoms with Crippen LogP contribution >= 0.6 is 27.7 Å². The van der Waals surface area contributed by atoms with Crippen LogP contribution in [0.3, 0.4) is 0 Å². The van der Waals surface area contributed by atoms with E-state index in [-0.39, 0.29) is 0 Å². The van der Waals surface area contributed by atoms with E-state index in [0.717, 1.165) is 11.2 Å². The maximum Gasteiger partial charge on any atom is 0.00315 e. The van der Waals surface area contributed by atoms with E-state index >= 15 is 0 Å². The lowest BCUT2D eigenvalue weighted by Gasteiger charge is -2.03. The van der Waals surface area contributed by atoms with E-state index in [1.165, 1.54) is 30.8 Å². The minimum atomic E-state index is 0.874. The number of thioether (sulfide) groups is 1. The number of hydrogen-bond acceptors (Lipinski definition) is 1. The van der Waals surface area contributed by atoms with Gasteiger partial charge in [0, 0.05) is 5.33 Å². The van der Waals surface area contributed by atoms with Gasteiger partial charge in [-0.15, -0.1) is 0 Å². The van der Waals surface area contributed by atoms with Gasteiger partial charge in [-0.1, -0.05) is 29.8 Å². The average molecular weight is 239 g/mol. The zero-order valence-corrected chi connectivity index (χ0v) is 10.0. The lowest BCUT2D eigenvalue weighted by Crippen LogP contribution is -1.91. The van der Waals surface area contributed by atoms with Crippen molar-refractivity contribution in [3.63, 3.8) is 0 Å². The van der Waals surface area contributed by atoms with E-state index < -0.39 is 0 Å². The highest BCUT2D eigenvalue weighted by Gasteiger charge is 1.93. The summed E-state index contributed by atoms with van der Waals surface area (Å²) in [5.74, 6) is 3.57. The molecule has 0 aromatic heterocycles. The van der Waals surface area contributed by atoms with Crippen molar-refractivity contribution in [2.45, 2.75) is 33.1 Å². The Hall–Kier alpha value is 0.830.